The molecule has 1 aromatic rings. The minimum Gasteiger partial charge on any atom is -0.480 e. The van der Waals surface area contributed by atoms with Crippen LogP contribution in [-0.4, -0.2) is 34.1 Å². The SMILES string of the molecule is Cc1cc(C)c(NC(=O)N2CCCC2(C)C(=O)O)c(C)c1. The third-order valence-electron chi connectivity index (χ3n) is 4.26. The van der Waals surface area contributed by atoms with Crippen LogP contribution < -0.4 is 5.32 Å². The highest BCUT2D eigenvalue weighted by molar-refractivity contribution is 5.95. The van der Waals surface area contributed by atoms with E-state index in [0.29, 0.717) is 19.4 Å². The van der Waals surface area contributed by atoms with Gasteiger partial charge in [-0.3, -0.25) is 0 Å². The quantitative estimate of drug-likeness (QED) is 0.879. The minimum atomic E-state index is -1.11. The summed E-state index contributed by atoms with van der Waals surface area (Å²) in [5.41, 5.74) is 2.76. The van der Waals surface area contributed by atoms with E-state index in [-0.39, 0.29) is 6.03 Å². The molecule has 5 heteroatoms. The number of anilines is 1. The van der Waals surface area contributed by atoms with Gasteiger partial charge in [0.1, 0.15) is 5.54 Å². The smallest absolute Gasteiger partial charge is 0.329 e. The molecule has 1 aliphatic rings. The number of likely N-dealkylation sites (tertiary alicyclic amines) is 1. The Bertz CT molecular complexity index is 574. The van der Waals surface area contributed by atoms with Crippen LogP contribution in [0.5, 0.6) is 0 Å². The number of nitrogens with zero attached hydrogens (tertiary/aromatic N) is 1. The zero-order chi connectivity index (χ0) is 15.8. The van der Waals surface area contributed by atoms with Crippen LogP contribution in [0.25, 0.3) is 0 Å². The largest absolute Gasteiger partial charge is 0.480 e. The molecular weight excluding hydrogens is 268 g/mol. The highest BCUT2D eigenvalue weighted by Gasteiger charge is 2.46. The lowest BCUT2D eigenvalue weighted by Crippen LogP contribution is -2.52. The summed E-state index contributed by atoms with van der Waals surface area (Å²) in [7, 11) is 0. The van der Waals surface area contributed by atoms with Crippen LogP contribution in [0, 0.1) is 20.8 Å². The molecule has 2 rings (SSSR count). The number of carboxylic acid groups (broad SMARTS) is 1. The van der Waals surface area contributed by atoms with E-state index in [4.69, 9.17) is 0 Å². The van der Waals surface area contributed by atoms with E-state index in [9.17, 15) is 14.7 Å². The number of benzene rings is 1. The van der Waals surface area contributed by atoms with Crippen LogP contribution in [0.1, 0.15) is 36.5 Å². The number of rotatable bonds is 2. The fraction of sp³-hybridized carbons (Fsp3) is 0.500. The number of urea groups is 1. The Labute approximate surface area is 125 Å². The summed E-state index contributed by atoms with van der Waals surface area (Å²) in [6.45, 7) is 7.97. The van der Waals surface area contributed by atoms with Crippen LogP contribution in [-0.2, 0) is 4.79 Å². The van der Waals surface area contributed by atoms with Crippen molar-refractivity contribution in [3.8, 4) is 0 Å². The van der Waals surface area contributed by atoms with Gasteiger partial charge in [-0.25, -0.2) is 9.59 Å². The molecule has 114 valence electrons. The van der Waals surface area contributed by atoms with Gasteiger partial charge in [0.15, 0.2) is 0 Å². The first-order valence-corrected chi connectivity index (χ1v) is 7.15. The highest BCUT2D eigenvalue weighted by atomic mass is 16.4. The molecule has 0 saturated carbocycles. The van der Waals surface area contributed by atoms with Gasteiger partial charge in [0.05, 0.1) is 0 Å². The van der Waals surface area contributed by atoms with E-state index >= 15 is 0 Å². The molecule has 2 N–H and O–H groups in total. The number of nitrogens with one attached hydrogen (secondary N) is 1. The molecule has 1 aromatic carbocycles. The van der Waals surface area contributed by atoms with Crippen LogP contribution >= 0.6 is 0 Å². The monoisotopic (exact) mass is 290 g/mol. The average molecular weight is 290 g/mol. The Hall–Kier alpha value is -2.04. The molecule has 1 atom stereocenters. The summed E-state index contributed by atoms with van der Waals surface area (Å²) in [6, 6.07) is 3.67. The molecular formula is C16H22N2O3. The Morgan fingerprint density at radius 3 is 2.33 bits per heavy atom. The molecule has 1 aliphatic heterocycles. The molecule has 0 radical (unpaired) electrons. The van der Waals surface area contributed by atoms with Crippen LogP contribution in [0.15, 0.2) is 12.1 Å². The van der Waals surface area contributed by atoms with Crippen molar-refractivity contribution < 1.29 is 14.7 Å². The predicted molar refractivity (Wildman–Crippen MR) is 81.7 cm³/mol. The Morgan fingerprint density at radius 1 is 1.24 bits per heavy atom. The van der Waals surface area contributed by atoms with Gasteiger partial charge >= 0.3 is 12.0 Å². The minimum absolute atomic E-state index is 0.340. The summed E-state index contributed by atoms with van der Waals surface area (Å²) in [6.07, 6.45) is 1.20. The number of hydrogen-bond donors (Lipinski definition) is 2. The number of hydrogen-bond acceptors (Lipinski definition) is 2. The summed E-state index contributed by atoms with van der Waals surface area (Å²) in [5, 5.41) is 12.3. The molecule has 2 amide bonds. The number of carbonyl (C=O) groups excluding carboxylic acids is 1. The fourth-order valence-electron chi connectivity index (χ4n) is 3.06. The summed E-state index contributed by atoms with van der Waals surface area (Å²) in [4.78, 5) is 25.3. The van der Waals surface area contributed by atoms with Crippen molar-refractivity contribution in [2.24, 2.45) is 0 Å². The molecule has 0 bridgehead atoms. The molecule has 21 heavy (non-hydrogen) atoms. The molecule has 1 fully saturated rings. The molecule has 1 unspecified atom stereocenters. The topological polar surface area (TPSA) is 69.6 Å². The second kappa shape index (κ2) is 5.39. The molecule has 1 heterocycles. The van der Waals surface area contributed by atoms with Gasteiger partial charge < -0.3 is 15.3 Å². The Kier molecular flexibility index (Phi) is 3.94. The molecule has 0 aromatic heterocycles. The van der Waals surface area contributed by atoms with Crippen molar-refractivity contribution >= 4 is 17.7 Å². The van der Waals surface area contributed by atoms with Crippen molar-refractivity contribution in [1.82, 2.24) is 4.90 Å². The van der Waals surface area contributed by atoms with Gasteiger partial charge in [-0.05, 0) is 51.7 Å². The first-order chi connectivity index (χ1) is 9.75. The number of amides is 2. The maximum atomic E-state index is 12.5. The Balaban J connectivity index is 2.25. The van der Waals surface area contributed by atoms with E-state index in [1.807, 2.05) is 32.9 Å². The lowest BCUT2D eigenvalue weighted by Gasteiger charge is -2.31. The number of aliphatic carboxylic acids is 1. The van der Waals surface area contributed by atoms with Crippen molar-refractivity contribution in [2.75, 3.05) is 11.9 Å². The number of carbonyl (C=O) groups is 2. The zero-order valence-corrected chi connectivity index (χ0v) is 13.0. The number of aryl methyl sites for hydroxylation is 3. The summed E-state index contributed by atoms with van der Waals surface area (Å²) >= 11 is 0. The van der Waals surface area contributed by atoms with Gasteiger partial charge in [0.2, 0.25) is 0 Å². The summed E-state index contributed by atoms with van der Waals surface area (Å²) < 4.78 is 0. The molecule has 5 nitrogen and oxygen atoms in total. The first kappa shape index (κ1) is 15.4. The standard InChI is InChI=1S/C16H22N2O3/c1-10-8-11(2)13(12(3)9-10)17-15(21)18-7-5-6-16(18,4)14(19)20/h8-9H,5-7H2,1-4H3,(H,17,21)(H,19,20). The molecule has 0 spiro atoms. The normalized spacial score (nSPS) is 21.4. The third-order valence-corrected chi connectivity index (χ3v) is 4.26. The third kappa shape index (κ3) is 2.73. The van der Waals surface area contributed by atoms with Crippen molar-refractivity contribution in [3.63, 3.8) is 0 Å². The van der Waals surface area contributed by atoms with Crippen molar-refractivity contribution in [3.05, 3.63) is 28.8 Å². The van der Waals surface area contributed by atoms with E-state index in [0.717, 1.165) is 22.4 Å². The van der Waals surface area contributed by atoms with Gasteiger partial charge in [0.25, 0.3) is 0 Å². The van der Waals surface area contributed by atoms with Gasteiger partial charge in [-0.1, -0.05) is 17.7 Å². The zero-order valence-electron chi connectivity index (χ0n) is 13.0. The van der Waals surface area contributed by atoms with Crippen LogP contribution in [0.4, 0.5) is 10.5 Å². The summed E-state index contributed by atoms with van der Waals surface area (Å²) in [5.74, 6) is -0.951. The maximum absolute atomic E-state index is 12.5. The van der Waals surface area contributed by atoms with Crippen LogP contribution in [0.3, 0.4) is 0 Å². The Morgan fingerprint density at radius 2 is 1.81 bits per heavy atom. The van der Waals surface area contributed by atoms with Crippen LogP contribution in [0.2, 0.25) is 0 Å². The van der Waals surface area contributed by atoms with E-state index in [2.05, 4.69) is 5.32 Å². The lowest BCUT2D eigenvalue weighted by molar-refractivity contribution is -0.146. The van der Waals surface area contributed by atoms with Crippen molar-refractivity contribution in [1.29, 1.82) is 0 Å². The van der Waals surface area contributed by atoms with E-state index in [1.54, 1.807) is 6.92 Å². The second-order valence-electron chi connectivity index (χ2n) is 6.04. The second-order valence-corrected chi connectivity index (χ2v) is 6.04. The van der Waals surface area contributed by atoms with E-state index < -0.39 is 11.5 Å². The van der Waals surface area contributed by atoms with Gasteiger partial charge in [0, 0.05) is 12.2 Å². The molecule has 0 aliphatic carbocycles. The van der Waals surface area contributed by atoms with Crippen molar-refractivity contribution in [2.45, 2.75) is 46.1 Å². The average Bonchev–Trinajstić information content (AvgIpc) is 2.77. The fourth-order valence-corrected chi connectivity index (χ4v) is 3.06. The highest BCUT2D eigenvalue weighted by Crippen LogP contribution is 2.31. The van der Waals surface area contributed by atoms with Gasteiger partial charge in [-0.15, -0.1) is 0 Å². The predicted octanol–water partition coefficient (Wildman–Crippen LogP) is 3.08. The molecule has 1 saturated heterocycles. The first-order valence-electron chi connectivity index (χ1n) is 7.15. The van der Waals surface area contributed by atoms with E-state index in [1.165, 1.54) is 4.90 Å². The lowest BCUT2D eigenvalue weighted by atomic mass is 9.99. The maximum Gasteiger partial charge on any atom is 0.329 e. The number of carboxylic acids is 1. The van der Waals surface area contributed by atoms with Gasteiger partial charge in [-0.2, -0.15) is 0 Å².